The molecule has 1 N–H and O–H groups in total. The first-order valence-corrected chi connectivity index (χ1v) is 7.30. The summed E-state index contributed by atoms with van der Waals surface area (Å²) in [5, 5.41) is 2.55. The van der Waals surface area contributed by atoms with Gasteiger partial charge < -0.3 is 9.47 Å². The molecule has 0 aromatic rings. The van der Waals surface area contributed by atoms with E-state index in [0.29, 0.717) is 13.2 Å². The molecule has 19 heavy (non-hydrogen) atoms. The molecule has 0 atom stereocenters. The third-order valence-corrected chi connectivity index (χ3v) is 2.26. The third-order valence-electron chi connectivity index (χ3n) is 1.68. The molecule has 0 fully saturated rings. The van der Waals surface area contributed by atoms with Gasteiger partial charge in [0, 0.05) is 0 Å². The summed E-state index contributed by atoms with van der Waals surface area (Å²) in [6.07, 6.45) is 0.345. The maximum Gasteiger partial charge on any atom is 0.436 e. The molecule has 0 heterocycles. The highest BCUT2D eigenvalue weighted by molar-refractivity contribution is 8.13. The van der Waals surface area contributed by atoms with Crippen molar-refractivity contribution in [3.63, 3.8) is 0 Å². The van der Waals surface area contributed by atoms with E-state index in [0.717, 1.165) is 11.8 Å². The highest BCUT2D eigenvalue weighted by Gasteiger charge is 2.10. The van der Waals surface area contributed by atoms with E-state index < -0.39 is 12.2 Å². The Bertz CT molecular complexity index is 330. The van der Waals surface area contributed by atoms with Crippen molar-refractivity contribution in [2.24, 2.45) is 16.8 Å². The van der Waals surface area contributed by atoms with E-state index >= 15 is 0 Å². The Hall–Kier alpha value is -1.24. The number of alkyl carbamates (subject to hydrolysis) is 1. The fraction of sp³-hybridized carbons (Fsp3) is 0.750. The number of hydrogen-bond donors (Lipinski definition) is 1. The van der Waals surface area contributed by atoms with Gasteiger partial charge in [-0.15, -0.1) is 0 Å². The number of amides is 2. The van der Waals surface area contributed by atoms with Gasteiger partial charge in [0.1, 0.15) is 0 Å². The van der Waals surface area contributed by atoms with E-state index in [1.807, 2.05) is 27.7 Å². The summed E-state index contributed by atoms with van der Waals surface area (Å²) in [7, 11) is 0. The molecule has 7 heteroatoms. The zero-order valence-corrected chi connectivity index (χ0v) is 12.9. The Morgan fingerprint density at radius 1 is 1.11 bits per heavy atom. The number of ether oxygens (including phenoxy) is 2. The molecule has 0 spiro atoms. The highest BCUT2D eigenvalue weighted by Crippen LogP contribution is 2.00. The predicted molar refractivity (Wildman–Crippen MR) is 76.5 cm³/mol. The lowest BCUT2D eigenvalue weighted by atomic mass is 10.2. The van der Waals surface area contributed by atoms with Gasteiger partial charge in [0.25, 0.3) is 0 Å². The Balaban J connectivity index is 4.24. The molecule has 0 aliphatic heterocycles. The third kappa shape index (κ3) is 10.4. The normalized spacial score (nSPS) is 11.6. The number of aliphatic imine (C=N–C) groups is 1. The Kier molecular flexibility index (Phi) is 9.03. The van der Waals surface area contributed by atoms with Crippen LogP contribution in [0.3, 0.4) is 0 Å². The first-order valence-electron chi connectivity index (χ1n) is 6.08. The Morgan fingerprint density at radius 2 is 1.63 bits per heavy atom. The lowest BCUT2D eigenvalue weighted by Gasteiger charge is -2.09. The minimum atomic E-state index is -0.720. The Labute approximate surface area is 118 Å². The van der Waals surface area contributed by atoms with Crippen LogP contribution in [0.1, 0.15) is 27.7 Å². The second kappa shape index (κ2) is 9.66. The van der Waals surface area contributed by atoms with Crippen LogP contribution in [0.5, 0.6) is 0 Å². The monoisotopic (exact) mass is 290 g/mol. The van der Waals surface area contributed by atoms with E-state index in [1.165, 1.54) is 0 Å². The molecule has 0 radical (unpaired) electrons. The van der Waals surface area contributed by atoms with Crippen LogP contribution in [0.2, 0.25) is 0 Å². The molecule has 0 saturated heterocycles. The zero-order chi connectivity index (χ0) is 14.8. The first-order chi connectivity index (χ1) is 8.85. The molecule has 0 aromatic carbocycles. The molecule has 0 saturated carbocycles. The lowest BCUT2D eigenvalue weighted by Crippen LogP contribution is -2.30. The van der Waals surface area contributed by atoms with Gasteiger partial charge >= 0.3 is 12.2 Å². The molecular formula is C12H22N2O4S. The molecule has 0 aromatic heterocycles. The largest absolute Gasteiger partial charge is 0.449 e. The van der Waals surface area contributed by atoms with Crippen molar-refractivity contribution < 1.29 is 19.1 Å². The van der Waals surface area contributed by atoms with Crippen LogP contribution in [-0.2, 0) is 9.47 Å². The van der Waals surface area contributed by atoms with Crippen LogP contribution in [0.15, 0.2) is 4.99 Å². The summed E-state index contributed by atoms with van der Waals surface area (Å²) < 4.78 is 9.80. The molecule has 110 valence electrons. The average molecular weight is 290 g/mol. The molecular weight excluding hydrogens is 268 g/mol. The standard InChI is InChI=1S/C12H22N2O4S/c1-8(2)6-17-11(15)13-10(19-5)14-12(16)18-7-9(3)4/h8-9H,6-7H2,1-5H3,(H,13,14,15,16). The average Bonchev–Trinajstić information content (AvgIpc) is 2.33. The number of nitrogens with one attached hydrogen (secondary N) is 1. The van der Waals surface area contributed by atoms with Crippen LogP contribution in [0, 0.1) is 11.8 Å². The van der Waals surface area contributed by atoms with Gasteiger partial charge in [0.15, 0.2) is 5.17 Å². The maximum absolute atomic E-state index is 11.4. The van der Waals surface area contributed by atoms with Gasteiger partial charge in [-0.2, -0.15) is 4.99 Å². The quantitative estimate of drug-likeness (QED) is 0.636. The Morgan fingerprint density at radius 3 is 2.11 bits per heavy atom. The second-order valence-corrected chi connectivity index (χ2v) is 5.50. The molecule has 0 unspecified atom stereocenters. The number of thioether (sulfide) groups is 1. The zero-order valence-electron chi connectivity index (χ0n) is 12.1. The summed E-state index contributed by atoms with van der Waals surface area (Å²) in [4.78, 5) is 26.4. The van der Waals surface area contributed by atoms with Crippen molar-refractivity contribution in [3.05, 3.63) is 0 Å². The van der Waals surface area contributed by atoms with Gasteiger partial charge in [-0.05, 0) is 18.1 Å². The number of nitrogens with zero attached hydrogens (tertiary/aromatic N) is 1. The van der Waals surface area contributed by atoms with Crippen LogP contribution < -0.4 is 5.32 Å². The van der Waals surface area contributed by atoms with Crippen molar-refractivity contribution >= 4 is 29.1 Å². The molecule has 0 rings (SSSR count). The van der Waals surface area contributed by atoms with E-state index in [1.54, 1.807) is 6.26 Å². The summed E-state index contributed by atoms with van der Waals surface area (Å²) in [6, 6.07) is 0. The first kappa shape index (κ1) is 17.8. The fourth-order valence-electron chi connectivity index (χ4n) is 0.844. The lowest BCUT2D eigenvalue weighted by molar-refractivity contribution is 0.138. The molecule has 0 aliphatic rings. The topological polar surface area (TPSA) is 77.0 Å². The van der Waals surface area contributed by atoms with Crippen LogP contribution in [0.25, 0.3) is 0 Å². The molecule has 6 nitrogen and oxygen atoms in total. The van der Waals surface area contributed by atoms with Crippen molar-refractivity contribution in [1.82, 2.24) is 5.32 Å². The van der Waals surface area contributed by atoms with Gasteiger partial charge in [-0.3, -0.25) is 5.32 Å². The molecule has 2 amide bonds. The summed E-state index contributed by atoms with van der Waals surface area (Å²) >= 11 is 1.13. The number of rotatable bonds is 4. The number of amidine groups is 1. The SMILES string of the molecule is CS/C(=N\C(=O)OCC(C)C)NC(=O)OCC(C)C. The minimum Gasteiger partial charge on any atom is -0.449 e. The van der Waals surface area contributed by atoms with Crippen molar-refractivity contribution in [3.8, 4) is 0 Å². The van der Waals surface area contributed by atoms with E-state index in [-0.39, 0.29) is 17.0 Å². The fourth-order valence-corrected chi connectivity index (χ4v) is 1.19. The van der Waals surface area contributed by atoms with Crippen LogP contribution in [-0.4, -0.2) is 36.8 Å². The smallest absolute Gasteiger partial charge is 0.436 e. The summed E-state index contributed by atoms with van der Waals surface area (Å²) in [6.45, 7) is 8.31. The van der Waals surface area contributed by atoms with Crippen molar-refractivity contribution in [1.29, 1.82) is 0 Å². The highest BCUT2D eigenvalue weighted by atomic mass is 32.2. The van der Waals surface area contributed by atoms with Gasteiger partial charge in [-0.1, -0.05) is 39.5 Å². The maximum atomic E-state index is 11.4. The number of carbonyl (C=O) groups is 2. The van der Waals surface area contributed by atoms with Gasteiger partial charge in [0.05, 0.1) is 13.2 Å². The summed E-state index contributed by atoms with van der Waals surface area (Å²) in [5.41, 5.74) is 0. The van der Waals surface area contributed by atoms with Gasteiger partial charge in [-0.25, -0.2) is 9.59 Å². The molecule has 0 bridgehead atoms. The minimum absolute atomic E-state index is 0.155. The van der Waals surface area contributed by atoms with Gasteiger partial charge in [0.2, 0.25) is 0 Å². The van der Waals surface area contributed by atoms with Crippen LogP contribution in [0.4, 0.5) is 9.59 Å². The molecule has 0 aliphatic carbocycles. The van der Waals surface area contributed by atoms with E-state index in [4.69, 9.17) is 9.47 Å². The number of hydrogen-bond acceptors (Lipinski definition) is 5. The van der Waals surface area contributed by atoms with Crippen molar-refractivity contribution in [2.75, 3.05) is 19.5 Å². The number of carbonyl (C=O) groups excluding carboxylic acids is 2. The second-order valence-electron chi connectivity index (χ2n) is 4.71. The van der Waals surface area contributed by atoms with E-state index in [9.17, 15) is 9.59 Å². The predicted octanol–water partition coefficient (Wildman–Crippen LogP) is 2.88. The van der Waals surface area contributed by atoms with Crippen molar-refractivity contribution in [2.45, 2.75) is 27.7 Å². The van der Waals surface area contributed by atoms with E-state index in [2.05, 4.69) is 10.3 Å². The summed E-state index contributed by atoms with van der Waals surface area (Å²) in [5.74, 6) is 0.484. The van der Waals surface area contributed by atoms with Crippen LogP contribution >= 0.6 is 11.8 Å².